The summed E-state index contributed by atoms with van der Waals surface area (Å²) >= 11 is 0. The van der Waals surface area contributed by atoms with Gasteiger partial charge in [-0.3, -0.25) is 28.8 Å². The second kappa shape index (κ2) is 20.8. The molecule has 2 aliphatic rings. The minimum Gasteiger partial charge on any atom is -0.508 e. The Morgan fingerprint density at radius 3 is 1.78 bits per heavy atom. The van der Waals surface area contributed by atoms with Crippen LogP contribution >= 0.6 is 0 Å². The van der Waals surface area contributed by atoms with Crippen molar-refractivity contribution in [2.45, 2.75) is 115 Å². The van der Waals surface area contributed by atoms with E-state index in [1.165, 1.54) is 34.1 Å². The van der Waals surface area contributed by atoms with Crippen LogP contribution in [0.4, 0.5) is 0 Å². The first-order valence-corrected chi connectivity index (χ1v) is 18.8. The Bertz CT molecular complexity index is 1520. The highest BCUT2D eigenvalue weighted by Gasteiger charge is 2.43. The molecule has 3 rings (SSSR count). The van der Waals surface area contributed by atoms with Crippen LogP contribution in [0.3, 0.4) is 0 Å². The predicted octanol–water partition coefficient (Wildman–Crippen LogP) is -1.66. The van der Waals surface area contributed by atoms with Crippen LogP contribution in [0, 0.1) is 11.8 Å². The number of aliphatic hydroxyl groups excluding tert-OH is 2. The van der Waals surface area contributed by atoms with Gasteiger partial charge in [-0.15, -0.1) is 0 Å². The average molecular weight is 776 g/mol. The summed E-state index contributed by atoms with van der Waals surface area (Å²) in [5.41, 5.74) is 6.64. The fraction of sp³-hybridized carbons (Fsp3) is 0.649. The third-order valence-electron chi connectivity index (χ3n) is 9.66. The van der Waals surface area contributed by atoms with E-state index in [9.17, 15) is 54.0 Å². The number of aliphatic hydroxyl groups is 2. The molecule has 6 amide bonds. The number of phenolic OH excluding ortho intramolecular Hbond substituents is 1. The SMILES string of the molecule is CC(C)C[C@H](NC(=O)[C@H](CO)NC(=O)[C@@H]1CCCN1C(=O)[C@@H]1CCCN1C(=O)[C@@H](N)CC(C)C)C(=O)N[C@@H](Cc1ccc(O)cc1)C(=O)N[C@@H](CO)C(=O)O. The first kappa shape index (κ1) is 44.6. The lowest BCUT2D eigenvalue weighted by Gasteiger charge is -2.32. The number of carboxylic acids is 1. The normalized spacial score (nSPS) is 19.7. The lowest BCUT2D eigenvalue weighted by Crippen LogP contribution is -2.60. The van der Waals surface area contributed by atoms with Crippen molar-refractivity contribution < 1.29 is 54.0 Å². The van der Waals surface area contributed by atoms with Crippen LogP contribution in [-0.4, -0.2) is 140 Å². The van der Waals surface area contributed by atoms with Crippen molar-refractivity contribution in [1.29, 1.82) is 0 Å². The number of carbonyl (C=O) groups is 7. The van der Waals surface area contributed by atoms with Crippen molar-refractivity contribution in [3.63, 3.8) is 0 Å². The van der Waals surface area contributed by atoms with Crippen LogP contribution in [-0.2, 0) is 40.0 Å². The summed E-state index contributed by atoms with van der Waals surface area (Å²) < 4.78 is 0. The van der Waals surface area contributed by atoms with Gasteiger partial charge in [0.15, 0.2) is 0 Å². The van der Waals surface area contributed by atoms with Gasteiger partial charge < -0.3 is 57.2 Å². The summed E-state index contributed by atoms with van der Waals surface area (Å²) in [5, 5.41) is 48.4. The van der Waals surface area contributed by atoms with E-state index in [1.807, 2.05) is 13.8 Å². The zero-order valence-corrected chi connectivity index (χ0v) is 31.9. The molecule has 18 nitrogen and oxygen atoms in total. The van der Waals surface area contributed by atoms with E-state index in [0.717, 1.165) is 0 Å². The Hall–Kier alpha value is -4.81. The van der Waals surface area contributed by atoms with Crippen molar-refractivity contribution in [2.24, 2.45) is 17.6 Å². The minimum atomic E-state index is -1.66. The van der Waals surface area contributed by atoms with E-state index >= 15 is 0 Å². The van der Waals surface area contributed by atoms with Gasteiger partial charge >= 0.3 is 5.97 Å². The Morgan fingerprint density at radius 2 is 1.22 bits per heavy atom. The molecular weight excluding hydrogens is 718 g/mol. The van der Waals surface area contributed by atoms with Crippen LogP contribution < -0.4 is 27.0 Å². The van der Waals surface area contributed by atoms with Crippen molar-refractivity contribution >= 4 is 41.4 Å². The number of nitrogens with zero attached hydrogens (tertiary/aromatic N) is 2. The zero-order chi connectivity index (χ0) is 41.0. The number of rotatable bonds is 19. The number of phenols is 1. The van der Waals surface area contributed by atoms with Gasteiger partial charge in [0.2, 0.25) is 35.4 Å². The molecule has 2 heterocycles. The summed E-state index contributed by atoms with van der Waals surface area (Å²) in [4.78, 5) is 95.2. The number of hydrogen-bond donors (Lipinski definition) is 9. The van der Waals surface area contributed by atoms with Crippen molar-refractivity contribution in [3.05, 3.63) is 29.8 Å². The highest BCUT2D eigenvalue weighted by atomic mass is 16.4. The number of nitrogens with one attached hydrogen (secondary N) is 4. The van der Waals surface area contributed by atoms with Crippen LogP contribution in [0.15, 0.2) is 24.3 Å². The summed E-state index contributed by atoms with van der Waals surface area (Å²) in [6.07, 6.45) is 2.18. The molecule has 1 aromatic carbocycles. The van der Waals surface area contributed by atoms with Gasteiger partial charge in [-0.05, 0) is 68.1 Å². The lowest BCUT2D eigenvalue weighted by molar-refractivity contribution is -0.147. The monoisotopic (exact) mass is 775 g/mol. The second-order valence-electron chi connectivity index (χ2n) is 15.1. The van der Waals surface area contributed by atoms with Gasteiger partial charge in [-0.25, -0.2) is 4.79 Å². The number of amides is 6. The largest absolute Gasteiger partial charge is 0.508 e. The molecular formula is C37H57N7O11. The number of carboxylic acid groups (broad SMARTS) is 1. The van der Waals surface area contributed by atoms with E-state index in [1.54, 1.807) is 13.8 Å². The number of hydrogen-bond acceptors (Lipinski definition) is 11. The molecule has 0 unspecified atom stereocenters. The Balaban J connectivity index is 1.73. The van der Waals surface area contributed by atoms with Crippen LogP contribution in [0.2, 0.25) is 0 Å². The average Bonchev–Trinajstić information content (AvgIpc) is 3.83. The van der Waals surface area contributed by atoms with E-state index in [4.69, 9.17) is 5.73 Å². The van der Waals surface area contributed by atoms with Crippen LogP contribution in [0.25, 0.3) is 0 Å². The van der Waals surface area contributed by atoms with Gasteiger partial charge in [-0.2, -0.15) is 0 Å². The molecule has 0 radical (unpaired) electrons. The molecule has 0 bridgehead atoms. The zero-order valence-electron chi connectivity index (χ0n) is 31.9. The lowest BCUT2D eigenvalue weighted by atomic mass is 10.0. The fourth-order valence-corrected chi connectivity index (χ4v) is 6.85. The molecule has 0 aromatic heterocycles. The fourth-order valence-electron chi connectivity index (χ4n) is 6.85. The Labute approximate surface area is 320 Å². The standard InChI is InChI=1S/C37H57N7O11/c1-20(2)15-24(38)35(52)44-14-6-8-30(44)36(53)43-13-5-7-29(43)34(51)41-27(18-45)33(50)39-25(16-21(3)4)31(48)40-26(17-22-9-11-23(47)12-10-22)32(49)42-28(19-46)37(54)55/h9-12,20-21,24-30,45-47H,5-8,13-19,38H2,1-4H3,(H,39,50)(H,40,48)(H,41,51)(H,42,49)(H,54,55)/t24-,25-,26-,27-,28-,29-,30-/m0/s1. The first-order valence-electron chi connectivity index (χ1n) is 18.8. The molecule has 0 saturated carbocycles. The smallest absolute Gasteiger partial charge is 0.328 e. The third-order valence-corrected chi connectivity index (χ3v) is 9.66. The highest BCUT2D eigenvalue weighted by molar-refractivity contribution is 5.97. The van der Waals surface area contributed by atoms with Crippen LogP contribution in [0.5, 0.6) is 5.75 Å². The van der Waals surface area contributed by atoms with Gasteiger partial charge in [0.05, 0.1) is 19.3 Å². The highest BCUT2D eigenvalue weighted by Crippen LogP contribution is 2.26. The maximum absolute atomic E-state index is 13.8. The van der Waals surface area contributed by atoms with Gasteiger partial charge in [-0.1, -0.05) is 39.8 Å². The number of carbonyl (C=O) groups excluding carboxylic acids is 6. The van der Waals surface area contributed by atoms with Crippen LogP contribution in [0.1, 0.15) is 71.8 Å². The quantitative estimate of drug-likeness (QED) is 0.0764. The molecule has 306 valence electrons. The summed E-state index contributed by atoms with van der Waals surface area (Å²) in [6.45, 7) is 6.31. The molecule has 2 saturated heterocycles. The Kier molecular flexibility index (Phi) is 16.8. The van der Waals surface area contributed by atoms with Crippen molar-refractivity contribution in [2.75, 3.05) is 26.3 Å². The predicted molar refractivity (Wildman–Crippen MR) is 198 cm³/mol. The van der Waals surface area contributed by atoms with Crippen molar-refractivity contribution in [3.8, 4) is 5.75 Å². The van der Waals surface area contributed by atoms with E-state index in [2.05, 4.69) is 21.3 Å². The molecule has 0 aliphatic carbocycles. The molecule has 2 aliphatic heterocycles. The van der Waals surface area contributed by atoms with Gasteiger partial charge in [0.1, 0.15) is 42.0 Å². The third kappa shape index (κ3) is 12.6. The molecule has 10 N–H and O–H groups in total. The molecule has 55 heavy (non-hydrogen) atoms. The molecule has 18 heteroatoms. The van der Waals surface area contributed by atoms with E-state index < -0.39 is 91.0 Å². The first-order chi connectivity index (χ1) is 26.0. The number of nitrogens with two attached hydrogens (primary N) is 1. The molecule has 1 aromatic rings. The number of aromatic hydroxyl groups is 1. The van der Waals surface area contributed by atoms with Gasteiger partial charge in [0.25, 0.3) is 0 Å². The minimum absolute atomic E-state index is 0.0489. The second-order valence-corrected chi connectivity index (χ2v) is 15.1. The summed E-state index contributed by atoms with van der Waals surface area (Å²) in [7, 11) is 0. The van der Waals surface area contributed by atoms with Gasteiger partial charge in [0, 0.05) is 19.5 Å². The number of likely N-dealkylation sites (tertiary alicyclic amines) is 2. The maximum Gasteiger partial charge on any atom is 0.328 e. The number of aliphatic carboxylic acids is 1. The number of benzene rings is 1. The van der Waals surface area contributed by atoms with E-state index in [0.29, 0.717) is 37.8 Å². The molecule has 2 fully saturated rings. The van der Waals surface area contributed by atoms with E-state index in [-0.39, 0.29) is 49.3 Å². The maximum atomic E-state index is 13.8. The summed E-state index contributed by atoms with van der Waals surface area (Å²) in [5.74, 6) is -5.61. The Morgan fingerprint density at radius 1 is 0.709 bits per heavy atom. The molecule has 0 spiro atoms. The summed E-state index contributed by atoms with van der Waals surface area (Å²) in [6, 6.07) is -2.63. The topological polar surface area (TPSA) is 281 Å². The van der Waals surface area contributed by atoms with Crippen molar-refractivity contribution in [1.82, 2.24) is 31.1 Å². The molecule has 7 atom stereocenters.